The summed E-state index contributed by atoms with van der Waals surface area (Å²) < 4.78 is 5.73. The first-order chi connectivity index (χ1) is 9.81. The van der Waals surface area contributed by atoms with Gasteiger partial charge in [0.15, 0.2) is 0 Å². The summed E-state index contributed by atoms with van der Waals surface area (Å²) in [5.74, 6) is 0. The van der Waals surface area contributed by atoms with Crippen LogP contribution in [0.15, 0.2) is 0 Å². The first-order valence-electron chi connectivity index (χ1n) is 8.47. The summed E-state index contributed by atoms with van der Waals surface area (Å²) in [6.07, 6.45) is 8.73. The standard InChI is InChI=1S/C16H30N2O2/c19-9-6-15-3-1-2-8-18(15)12-16(7-10-20-13-16)11-17-14-4-5-14/h14-15,17,19H,1-13H2. The first-order valence-corrected chi connectivity index (χ1v) is 8.47. The number of piperidine rings is 1. The molecule has 20 heavy (non-hydrogen) atoms. The third-order valence-corrected chi connectivity index (χ3v) is 5.28. The average Bonchev–Trinajstić information content (AvgIpc) is 3.19. The molecule has 4 heteroatoms. The lowest BCUT2D eigenvalue weighted by Gasteiger charge is -2.41. The first kappa shape index (κ1) is 14.8. The second kappa shape index (κ2) is 6.73. The summed E-state index contributed by atoms with van der Waals surface area (Å²) in [6.45, 7) is 5.62. The lowest BCUT2D eigenvalue weighted by molar-refractivity contribution is 0.0550. The normalized spacial score (nSPS) is 35.5. The van der Waals surface area contributed by atoms with Crippen LogP contribution in [0, 0.1) is 5.41 Å². The van der Waals surface area contributed by atoms with Crippen LogP contribution in [0.3, 0.4) is 0 Å². The highest BCUT2D eigenvalue weighted by molar-refractivity contribution is 4.93. The molecule has 0 amide bonds. The molecule has 2 heterocycles. The van der Waals surface area contributed by atoms with Crippen LogP contribution in [0.4, 0.5) is 0 Å². The van der Waals surface area contributed by atoms with Gasteiger partial charge in [-0.3, -0.25) is 4.90 Å². The molecule has 1 aliphatic carbocycles. The van der Waals surface area contributed by atoms with Gasteiger partial charge in [0.05, 0.1) is 6.61 Å². The summed E-state index contributed by atoms with van der Waals surface area (Å²) in [6, 6.07) is 1.37. The number of ether oxygens (including phenoxy) is 1. The fraction of sp³-hybridized carbons (Fsp3) is 1.00. The van der Waals surface area contributed by atoms with Gasteiger partial charge in [-0.05, 0) is 45.1 Å². The van der Waals surface area contributed by atoms with Gasteiger partial charge < -0.3 is 15.2 Å². The van der Waals surface area contributed by atoms with E-state index in [2.05, 4.69) is 10.2 Å². The molecule has 0 aromatic rings. The van der Waals surface area contributed by atoms with E-state index in [4.69, 9.17) is 4.74 Å². The molecule has 0 aromatic carbocycles. The Labute approximate surface area is 122 Å². The van der Waals surface area contributed by atoms with Gasteiger partial charge in [-0.1, -0.05) is 6.42 Å². The maximum absolute atomic E-state index is 9.28. The van der Waals surface area contributed by atoms with Crippen molar-refractivity contribution in [2.75, 3.05) is 39.5 Å². The number of aliphatic hydroxyl groups is 1. The number of rotatable bonds is 7. The highest BCUT2D eigenvalue weighted by atomic mass is 16.5. The molecule has 3 fully saturated rings. The van der Waals surface area contributed by atoms with Crippen LogP contribution in [0.5, 0.6) is 0 Å². The molecule has 0 bridgehead atoms. The van der Waals surface area contributed by atoms with Crippen LogP contribution >= 0.6 is 0 Å². The van der Waals surface area contributed by atoms with Gasteiger partial charge in [-0.2, -0.15) is 0 Å². The zero-order valence-electron chi connectivity index (χ0n) is 12.6. The molecular formula is C16H30N2O2. The Kier molecular flexibility index (Phi) is 4.97. The minimum atomic E-state index is 0.313. The Hall–Kier alpha value is -0.160. The van der Waals surface area contributed by atoms with E-state index >= 15 is 0 Å². The maximum Gasteiger partial charge on any atom is 0.0547 e. The minimum absolute atomic E-state index is 0.313. The van der Waals surface area contributed by atoms with Gasteiger partial charge in [0, 0.05) is 43.8 Å². The van der Waals surface area contributed by atoms with Crippen molar-refractivity contribution in [3.8, 4) is 0 Å². The molecule has 0 spiro atoms. The Morgan fingerprint density at radius 3 is 2.85 bits per heavy atom. The second-order valence-electron chi connectivity index (χ2n) is 7.09. The third kappa shape index (κ3) is 3.73. The smallest absolute Gasteiger partial charge is 0.0547 e. The second-order valence-corrected chi connectivity index (χ2v) is 7.09. The molecule has 1 saturated carbocycles. The number of hydrogen-bond acceptors (Lipinski definition) is 4. The molecule has 116 valence electrons. The Bertz CT molecular complexity index is 299. The molecule has 2 unspecified atom stereocenters. The van der Waals surface area contributed by atoms with Crippen molar-refractivity contribution in [1.29, 1.82) is 0 Å². The number of hydrogen-bond donors (Lipinski definition) is 2. The van der Waals surface area contributed by atoms with Crippen LogP contribution in [0.1, 0.15) is 44.9 Å². The van der Waals surface area contributed by atoms with E-state index in [-0.39, 0.29) is 0 Å². The van der Waals surface area contributed by atoms with E-state index in [1.807, 2.05) is 0 Å². The number of likely N-dealkylation sites (tertiary alicyclic amines) is 1. The molecule has 2 aliphatic heterocycles. The van der Waals surface area contributed by atoms with E-state index in [1.54, 1.807) is 0 Å². The van der Waals surface area contributed by atoms with Crippen LogP contribution in [0.2, 0.25) is 0 Å². The highest BCUT2D eigenvalue weighted by Crippen LogP contribution is 2.33. The fourth-order valence-electron chi connectivity index (χ4n) is 3.79. The van der Waals surface area contributed by atoms with E-state index in [9.17, 15) is 5.11 Å². The summed E-state index contributed by atoms with van der Waals surface area (Å²) >= 11 is 0. The predicted octanol–water partition coefficient (Wildman–Crippen LogP) is 1.38. The Morgan fingerprint density at radius 1 is 1.25 bits per heavy atom. The number of nitrogens with zero attached hydrogens (tertiary/aromatic N) is 1. The van der Waals surface area contributed by atoms with Gasteiger partial charge in [-0.25, -0.2) is 0 Å². The van der Waals surface area contributed by atoms with Crippen molar-refractivity contribution in [3.05, 3.63) is 0 Å². The molecule has 3 rings (SSSR count). The van der Waals surface area contributed by atoms with Crippen molar-refractivity contribution in [1.82, 2.24) is 10.2 Å². The molecule has 0 radical (unpaired) electrons. The summed E-state index contributed by atoms with van der Waals surface area (Å²) in [7, 11) is 0. The molecule has 2 N–H and O–H groups in total. The molecular weight excluding hydrogens is 252 g/mol. The topological polar surface area (TPSA) is 44.7 Å². The van der Waals surface area contributed by atoms with E-state index in [1.165, 1.54) is 45.1 Å². The van der Waals surface area contributed by atoms with Crippen LogP contribution in [0.25, 0.3) is 0 Å². The van der Waals surface area contributed by atoms with E-state index < -0.39 is 0 Å². The molecule has 2 atom stereocenters. The van der Waals surface area contributed by atoms with Crippen LogP contribution < -0.4 is 5.32 Å². The fourth-order valence-corrected chi connectivity index (χ4v) is 3.79. The number of aliphatic hydroxyl groups excluding tert-OH is 1. The highest BCUT2D eigenvalue weighted by Gasteiger charge is 2.39. The summed E-state index contributed by atoms with van der Waals surface area (Å²) in [4.78, 5) is 2.64. The molecule has 2 saturated heterocycles. The lowest BCUT2D eigenvalue weighted by atomic mass is 9.84. The summed E-state index contributed by atoms with van der Waals surface area (Å²) in [5.41, 5.74) is 0.313. The van der Waals surface area contributed by atoms with Crippen molar-refractivity contribution < 1.29 is 9.84 Å². The zero-order chi connectivity index (χ0) is 13.8. The Morgan fingerprint density at radius 2 is 2.15 bits per heavy atom. The van der Waals surface area contributed by atoms with Gasteiger partial charge in [0.1, 0.15) is 0 Å². The van der Waals surface area contributed by atoms with Gasteiger partial charge in [-0.15, -0.1) is 0 Å². The average molecular weight is 282 g/mol. The predicted molar refractivity (Wildman–Crippen MR) is 79.8 cm³/mol. The van der Waals surface area contributed by atoms with Crippen molar-refractivity contribution >= 4 is 0 Å². The monoisotopic (exact) mass is 282 g/mol. The van der Waals surface area contributed by atoms with Gasteiger partial charge >= 0.3 is 0 Å². The molecule has 3 aliphatic rings. The third-order valence-electron chi connectivity index (χ3n) is 5.28. The molecule has 4 nitrogen and oxygen atoms in total. The summed E-state index contributed by atoms with van der Waals surface area (Å²) in [5, 5.41) is 13.0. The van der Waals surface area contributed by atoms with Crippen molar-refractivity contribution in [3.63, 3.8) is 0 Å². The van der Waals surface area contributed by atoms with Gasteiger partial charge in [0.2, 0.25) is 0 Å². The van der Waals surface area contributed by atoms with Crippen LogP contribution in [-0.4, -0.2) is 61.5 Å². The minimum Gasteiger partial charge on any atom is -0.396 e. The maximum atomic E-state index is 9.28. The van der Waals surface area contributed by atoms with Crippen molar-refractivity contribution in [2.24, 2.45) is 5.41 Å². The van der Waals surface area contributed by atoms with Crippen molar-refractivity contribution in [2.45, 2.75) is 57.0 Å². The SMILES string of the molecule is OCCC1CCCCN1CC1(CNC2CC2)CCOC1. The molecule has 0 aromatic heterocycles. The van der Waals surface area contributed by atoms with Gasteiger partial charge in [0.25, 0.3) is 0 Å². The largest absolute Gasteiger partial charge is 0.396 e. The number of nitrogens with one attached hydrogen (secondary N) is 1. The van der Waals surface area contributed by atoms with E-state index in [0.29, 0.717) is 18.1 Å². The quantitative estimate of drug-likeness (QED) is 0.740. The van der Waals surface area contributed by atoms with Crippen LogP contribution in [-0.2, 0) is 4.74 Å². The lowest BCUT2D eigenvalue weighted by Crippen LogP contribution is -2.50. The Balaban J connectivity index is 1.58. The van der Waals surface area contributed by atoms with E-state index in [0.717, 1.165) is 38.8 Å². The zero-order valence-corrected chi connectivity index (χ0v) is 12.6.